The third kappa shape index (κ3) is 4.30. The molecule has 0 radical (unpaired) electrons. The highest BCUT2D eigenvalue weighted by molar-refractivity contribution is 7.89. The third-order valence-corrected chi connectivity index (χ3v) is 8.17. The number of nitrogens with zero attached hydrogens (tertiary/aromatic N) is 2. The van der Waals surface area contributed by atoms with Crippen LogP contribution in [0.15, 0.2) is 50.5 Å². The molecule has 4 rings (SSSR count). The minimum Gasteiger partial charge on any atom is -0.497 e. The quantitative estimate of drug-likeness (QED) is 0.549. The Morgan fingerprint density at radius 1 is 0.969 bits per heavy atom. The van der Waals surface area contributed by atoms with E-state index in [9.17, 15) is 13.2 Å². The number of aryl methyl sites for hydroxylation is 3. The molecule has 0 N–H and O–H groups in total. The average molecular weight is 457 g/mol. The van der Waals surface area contributed by atoms with Gasteiger partial charge in [0, 0.05) is 50.2 Å². The molecule has 0 spiro atoms. The zero-order valence-corrected chi connectivity index (χ0v) is 19.7. The Kier molecular flexibility index (Phi) is 6.11. The van der Waals surface area contributed by atoms with Gasteiger partial charge in [-0.2, -0.15) is 4.31 Å². The number of hydrogen-bond donors (Lipinski definition) is 0. The molecule has 170 valence electrons. The summed E-state index contributed by atoms with van der Waals surface area (Å²) in [6.45, 7) is 8.20. The predicted octanol–water partition coefficient (Wildman–Crippen LogP) is 3.23. The lowest BCUT2D eigenvalue weighted by Crippen LogP contribution is -2.48. The highest BCUT2D eigenvalue weighted by Gasteiger charge is 2.31. The molecule has 1 fully saturated rings. The Hall–Kier alpha value is -2.68. The summed E-state index contributed by atoms with van der Waals surface area (Å²) in [5.74, 6) is 0.623. The van der Waals surface area contributed by atoms with Crippen molar-refractivity contribution in [3.63, 3.8) is 0 Å². The molecule has 1 aliphatic rings. The van der Waals surface area contributed by atoms with Gasteiger partial charge in [-0.25, -0.2) is 13.2 Å². The van der Waals surface area contributed by atoms with Gasteiger partial charge >= 0.3 is 5.63 Å². The van der Waals surface area contributed by atoms with Gasteiger partial charge in [-0.1, -0.05) is 17.7 Å². The molecule has 0 saturated carbocycles. The van der Waals surface area contributed by atoms with Crippen LogP contribution in [0.2, 0.25) is 0 Å². The van der Waals surface area contributed by atoms with Crippen molar-refractivity contribution >= 4 is 21.0 Å². The summed E-state index contributed by atoms with van der Waals surface area (Å²) in [6.07, 6.45) is 0. The molecule has 0 amide bonds. The molecule has 1 aromatic heterocycles. The number of benzene rings is 2. The first-order valence-corrected chi connectivity index (χ1v) is 12.0. The van der Waals surface area contributed by atoms with E-state index in [-0.39, 0.29) is 0 Å². The van der Waals surface area contributed by atoms with Gasteiger partial charge in [0.05, 0.1) is 12.0 Å². The van der Waals surface area contributed by atoms with Gasteiger partial charge in [-0.05, 0) is 49.6 Å². The zero-order valence-electron chi connectivity index (χ0n) is 18.8. The van der Waals surface area contributed by atoms with Gasteiger partial charge in [0.2, 0.25) is 10.0 Å². The Morgan fingerprint density at radius 2 is 1.62 bits per heavy atom. The molecule has 7 nitrogen and oxygen atoms in total. The topological polar surface area (TPSA) is 80.1 Å². The summed E-state index contributed by atoms with van der Waals surface area (Å²) in [7, 11) is -1.99. The molecule has 1 aliphatic heterocycles. The standard InChI is InChI=1S/C24H28N2O5S/c1-16-11-17(2)24(18(3)12-16)32(28,29)26-9-7-25(8-10-26)15-19-13-23(27)31-22-14-20(30-4)5-6-21(19)22/h5-6,11-14H,7-10,15H2,1-4H3. The first-order valence-electron chi connectivity index (χ1n) is 10.6. The van der Waals surface area contributed by atoms with Crippen LogP contribution in [0.1, 0.15) is 22.3 Å². The largest absolute Gasteiger partial charge is 0.497 e. The minimum absolute atomic E-state index is 0.405. The van der Waals surface area contributed by atoms with Crippen LogP contribution in [-0.2, 0) is 16.6 Å². The molecule has 8 heteroatoms. The number of fused-ring (bicyclic) bond motifs is 1. The maximum absolute atomic E-state index is 13.3. The maximum atomic E-state index is 13.3. The molecule has 0 atom stereocenters. The zero-order chi connectivity index (χ0) is 23.0. The van der Waals surface area contributed by atoms with E-state index in [1.54, 1.807) is 17.5 Å². The lowest BCUT2D eigenvalue weighted by atomic mass is 10.1. The number of rotatable bonds is 5. The van der Waals surface area contributed by atoms with Gasteiger partial charge < -0.3 is 9.15 Å². The van der Waals surface area contributed by atoms with E-state index in [1.165, 1.54) is 6.07 Å². The fraction of sp³-hybridized carbons (Fsp3) is 0.375. The maximum Gasteiger partial charge on any atom is 0.336 e. The number of piperazine rings is 1. The first-order chi connectivity index (χ1) is 15.2. The monoisotopic (exact) mass is 456 g/mol. The Bertz CT molecular complexity index is 1300. The van der Waals surface area contributed by atoms with Gasteiger partial charge in [0.1, 0.15) is 11.3 Å². The highest BCUT2D eigenvalue weighted by atomic mass is 32.2. The fourth-order valence-electron chi connectivity index (χ4n) is 4.54. The second-order valence-corrected chi connectivity index (χ2v) is 10.2. The van der Waals surface area contributed by atoms with Crippen LogP contribution in [0.25, 0.3) is 11.0 Å². The Labute approximate surface area is 188 Å². The minimum atomic E-state index is -3.56. The molecule has 1 saturated heterocycles. The van der Waals surface area contributed by atoms with Crippen molar-refractivity contribution in [2.75, 3.05) is 33.3 Å². The van der Waals surface area contributed by atoms with Crippen LogP contribution in [0.5, 0.6) is 5.75 Å². The molecule has 3 aromatic rings. The van der Waals surface area contributed by atoms with Crippen molar-refractivity contribution in [1.82, 2.24) is 9.21 Å². The summed E-state index contributed by atoms with van der Waals surface area (Å²) in [5.41, 5.74) is 3.55. The van der Waals surface area contributed by atoms with Crippen molar-refractivity contribution in [3.8, 4) is 5.75 Å². The molecule has 0 unspecified atom stereocenters. The smallest absolute Gasteiger partial charge is 0.336 e. The van der Waals surface area contributed by atoms with E-state index >= 15 is 0 Å². The Morgan fingerprint density at radius 3 is 2.25 bits per heavy atom. The molecule has 0 bridgehead atoms. The predicted molar refractivity (Wildman–Crippen MR) is 124 cm³/mol. The van der Waals surface area contributed by atoms with Crippen LogP contribution in [0.3, 0.4) is 0 Å². The highest BCUT2D eigenvalue weighted by Crippen LogP contribution is 2.27. The normalized spacial score (nSPS) is 15.9. The number of hydrogen-bond acceptors (Lipinski definition) is 6. The van der Waals surface area contributed by atoms with Crippen LogP contribution in [-0.4, -0.2) is 50.9 Å². The summed E-state index contributed by atoms with van der Waals surface area (Å²) in [6, 6.07) is 10.8. The number of sulfonamides is 1. The SMILES string of the molecule is COc1ccc2c(CN3CCN(S(=O)(=O)c4c(C)cc(C)cc4C)CC3)cc(=O)oc2c1. The fourth-order valence-corrected chi connectivity index (χ4v) is 6.37. The Balaban J connectivity index is 1.52. The van der Waals surface area contributed by atoms with Gasteiger partial charge in [-0.3, -0.25) is 4.90 Å². The van der Waals surface area contributed by atoms with Crippen molar-refractivity contribution in [1.29, 1.82) is 0 Å². The average Bonchev–Trinajstić information content (AvgIpc) is 2.72. The molecular weight excluding hydrogens is 428 g/mol. The lowest BCUT2D eigenvalue weighted by Gasteiger charge is -2.34. The van der Waals surface area contributed by atoms with E-state index in [1.807, 2.05) is 45.0 Å². The molecule has 0 aliphatic carbocycles. The van der Waals surface area contributed by atoms with Gasteiger partial charge in [0.15, 0.2) is 0 Å². The van der Waals surface area contributed by atoms with E-state index in [4.69, 9.17) is 9.15 Å². The van der Waals surface area contributed by atoms with E-state index in [2.05, 4.69) is 4.90 Å². The van der Waals surface area contributed by atoms with Crippen LogP contribution < -0.4 is 10.4 Å². The number of methoxy groups -OCH3 is 1. The summed E-state index contributed by atoms with van der Waals surface area (Å²) in [4.78, 5) is 14.6. The second-order valence-electron chi connectivity index (χ2n) is 8.36. The van der Waals surface area contributed by atoms with Crippen LogP contribution in [0.4, 0.5) is 0 Å². The first kappa shape index (κ1) is 22.5. The van der Waals surface area contributed by atoms with Crippen LogP contribution in [0, 0.1) is 20.8 Å². The van der Waals surface area contributed by atoms with Crippen molar-refractivity contribution in [3.05, 3.63) is 69.1 Å². The summed E-state index contributed by atoms with van der Waals surface area (Å²) in [5, 5.41) is 0.853. The number of ether oxygens (including phenoxy) is 1. The molecule has 2 aromatic carbocycles. The molecular formula is C24H28N2O5S. The summed E-state index contributed by atoms with van der Waals surface area (Å²) < 4.78 is 38.8. The van der Waals surface area contributed by atoms with Crippen molar-refractivity contribution < 1.29 is 17.6 Å². The molecule has 2 heterocycles. The lowest BCUT2D eigenvalue weighted by molar-refractivity contribution is 0.182. The van der Waals surface area contributed by atoms with Crippen molar-refractivity contribution in [2.24, 2.45) is 0 Å². The van der Waals surface area contributed by atoms with Crippen LogP contribution >= 0.6 is 0 Å². The summed E-state index contributed by atoms with van der Waals surface area (Å²) >= 11 is 0. The van der Waals surface area contributed by atoms with E-state index < -0.39 is 15.6 Å². The van der Waals surface area contributed by atoms with Gasteiger partial charge in [-0.15, -0.1) is 0 Å². The molecule has 32 heavy (non-hydrogen) atoms. The second kappa shape index (κ2) is 8.69. The van der Waals surface area contributed by atoms with Gasteiger partial charge in [0.25, 0.3) is 0 Å². The van der Waals surface area contributed by atoms with E-state index in [0.29, 0.717) is 49.0 Å². The third-order valence-electron chi connectivity index (χ3n) is 5.97. The van der Waals surface area contributed by atoms with E-state index in [0.717, 1.165) is 27.6 Å². The van der Waals surface area contributed by atoms with Crippen molar-refractivity contribution in [2.45, 2.75) is 32.2 Å².